The molecule has 150 valence electrons. The Morgan fingerprint density at radius 2 is 1.90 bits per heavy atom. The molecule has 4 rings (SSSR count). The van der Waals surface area contributed by atoms with Crippen molar-refractivity contribution in [1.82, 2.24) is 29.8 Å². The van der Waals surface area contributed by atoms with Gasteiger partial charge in [0.1, 0.15) is 5.69 Å². The molecule has 0 spiro atoms. The van der Waals surface area contributed by atoms with E-state index in [1.807, 2.05) is 43.3 Å². The van der Waals surface area contributed by atoms with Gasteiger partial charge in [-0.25, -0.2) is 9.29 Å². The number of hydrogen-bond donors (Lipinski definition) is 1. The van der Waals surface area contributed by atoms with Crippen LogP contribution in [0.15, 0.2) is 47.2 Å². The SMILES string of the molecule is CCSN1CC=C(c2cncc(-c3nnc(-c4ccc(CNC)cc4)o3)n2)CC1. The predicted octanol–water partition coefficient (Wildman–Crippen LogP) is 3.67. The van der Waals surface area contributed by atoms with Gasteiger partial charge in [0.05, 0.1) is 18.1 Å². The zero-order valence-corrected chi connectivity index (χ0v) is 17.4. The van der Waals surface area contributed by atoms with Crippen molar-refractivity contribution < 1.29 is 4.42 Å². The van der Waals surface area contributed by atoms with Crippen LogP contribution >= 0.6 is 11.9 Å². The second kappa shape index (κ2) is 9.30. The number of aromatic nitrogens is 4. The van der Waals surface area contributed by atoms with E-state index < -0.39 is 0 Å². The summed E-state index contributed by atoms with van der Waals surface area (Å²) in [5.41, 5.74) is 4.77. The number of rotatable bonds is 7. The topological polar surface area (TPSA) is 80.0 Å². The Morgan fingerprint density at radius 3 is 2.62 bits per heavy atom. The maximum absolute atomic E-state index is 5.88. The number of nitrogens with zero attached hydrogens (tertiary/aromatic N) is 5. The van der Waals surface area contributed by atoms with Gasteiger partial charge in [-0.15, -0.1) is 10.2 Å². The first-order valence-electron chi connectivity index (χ1n) is 9.74. The average molecular weight is 409 g/mol. The molecule has 7 nitrogen and oxygen atoms in total. The fraction of sp³-hybridized carbons (Fsp3) is 0.333. The molecule has 8 heteroatoms. The van der Waals surface area contributed by atoms with E-state index in [0.717, 1.165) is 43.1 Å². The van der Waals surface area contributed by atoms with Crippen molar-refractivity contribution in [2.24, 2.45) is 0 Å². The standard InChI is InChI=1S/C21H24N6OS/c1-3-29-27-10-8-16(9-11-27)18-13-23-14-19(24-18)21-26-25-20(28-21)17-6-4-15(5-7-17)12-22-2/h4-8,13-14,22H,3,9-12H2,1-2H3. The van der Waals surface area contributed by atoms with Crippen molar-refractivity contribution in [2.45, 2.75) is 19.9 Å². The molecular weight excluding hydrogens is 384 g/mol. The highest BCUT2D eigenvalue weighted by Gasteiger charge is 2.17. The first kappa shape index (κ1) is 19.8. The fourth-order valence-corrected chi connectivity index (χ4v) is 3.98. The minimum absolute atomic E-state index is 0.383. The van der Waals surface area contributed by atoms with Crippen LogP contribution < -0.4 is 5.32 Å². The fourth-order valence-electron chi connectivity index (χ4n) is 3.22. The van der Waals surface area contributed by atoms with Gasteiger partial charge in [0, 0.05) is 31.0 Å². The lowest BCUT2D eigenvalue weighted by Gasteiger charge is -2.24. The van der Waals surface area contributed by atoms with Crippen LogP contribution in [0, 0.1) is 0 Å². The van der Waals surface area contributed by atoms with Gasteiger partial charge < -0.3 is 9.73 Å². The molecule has 0 saturated heterocycles. The lowest BCUT2D eigenvalue weighted by Crippen LogP contribution is -2.22. The maximum Gasteiger partial charge on any atom is 0.268 e. The highest BCUT2D eigenvalue weighted by atomic mass is 32.2. The van der Waals surface area contributed by atoms with Gasteiger partial charge >= 0.3 is 0 Å². The Hall–Kier alpha value is -2.55. The second-order valence-electron chi connectivity index (χ2n) is 6.71. The van der Waals surface area contributed by atoms with Crippen LogP contribution in [0.4, 0.5) is 0 Å². The molecular formula is C21H24N6OS. The van der Waals surface area contributed by atoms with Crippen LogP contribution in [-0.4, -0.2) is 50.4 Å². The number of hydrogen-bond acceptors (Lipinski definition) is 8. The van der Waals surface area contributed by atoms with Gasteiger partial charge in [0.15, 0.2) is 0 Å². The Balaban J connectivity index is 1.52. The molecule has 0 aliphatic carbocycles. The molecule has 3 aromatic rings. The van der Waals surface area contributed by atoms with Crippen molar-refractivity contribution in [1.29, 1.82) is 0 Å². The Kier molecular flexibility index (Phi) is 6.33. The normalized spacial score (nSPS) is 14.8. The van der Waals surface area contributed by atoms with Crippen molar-refractivity contribution in [3.05, 3.63) is 54.0 Å². The summed E-state index contributed by atoms with van der Waals surface area (Å²) in [6.45, 7) is 4.94. The highest BCUT2D eigenvalue weighted by molar-refractivity contribution is 7.96. The molecule has 1 aliphatic heterocycles. The lowest BCUT2D eigenvalue weighted by atomic mass is 10.1. The largest absolute Gasteiger partial charge is 0.415 e. The Labute approximate surface area is 174 Å². The van der Waals surface area contributed by atoms with Gasteiger partial charge in [0.2, 0.25) is 5.89 Å². The minimum Gasteiger partial charge on any atom is -0.415 e. The Bertz CT molecular complexity index is 985. The third-order valence-electron chi connectivity index (χ3n) is 4.67. The molecule has 2 aromatic heterocycles. The molecule has 0 bridgehead atoms. The summed E-state index contributed by atoms with van der Waals surface area (Å²) >= 11 is 1.87. The molecule has 1 aliphatic rings. The summed E-state index contributed by atoms with van der Waals surface area (Å²) in [4.78, 5) is 9.07. The summed E-state index contributed by atoms with van der Waals surface area (Å²) in [5.74, 6) is 1.96. The lowest BCUT2D eigenvalue weighted by molar-refractivity contribution is 0.516. The molecule has 29 heavy (non-hydrogen) atoms. The third kappa shape index (κ3) is 4.72. The van der Waals surface area contributed by atoms with Crippen LogP contribution in [0.1, 0.15) is 24.6 Å². The molecule has 1 N–H and O–H groups in total. The monoisotopic (exact) mass is 408 g/mol. The molecule has 0 atom stereocenters. The van der Waals surface area contributed by atoms with E-state index >= 15 is 0 Å². The van der Waals surface area contributed by atoms with Crippen LogP contribution in [0.2, 0.25) is 0 Å². The van der Waals surface area contributed by atoms with E-state index in [2.05, 4.69) is 37.8 Å². The zero-order chi connectivity index (χ0) is 20.1. The highest BCUT2D eigenvalue weighted by Crippen LogP contribution is 2.27. The van der Waals surface area contributed by atoms with Gasteiger partial charge in [-0.05, 0) is 36.7 Å². The third-order valence-corrected chi connectivity index (χ3v) is 5.63. The van der Waals surface area contributed by atoms with Crippen LogP contribution in [-0.2, 0) is 6.54 Å². The number of nitrogens with one attached hydrogen (secondary N) is 1. The molecule has 0 radical (unpaired) electrons. The summed E-state index contributed by atoms with van der Waals surface area (Å²) in [5, 5.41) is 11.5. The van der Waals surface area contributed by atoms with E-state index in [4.69, 9.17) is 9.40 Å². The van der Waals surface area contributed by atoms with E-state index in [0.29, 0.717) is 17.5 Å². The average Bonchev–Trinajstić information content (AvgIpc) is 3.26. The summed E-state index contributed by atoms with van der Waals surface area (Å²) < 4.78 is 8.24. The number of benzene rings is 1. The first-order chi connectivity index (χ1) is 14.3. The van der Waals surface area contributed by atoms with E-state index in [1.54, 1.807) is 12.4 Å². The Morgan fingerprint density at radius 1 is 1.10 bits per heavy atom. The van der Waals surface area contributed by atoms with Crippen molar-refractivity contribution >= 4 is 17.5 Å². The van der Waals surface area contributed by atoms with E-state index in [1.165, 1.54) is 11.1 Å². The smallest absolute Gasteiger partial charge is 0.268 e. The molecule has 0 unspecified atom stereocenters. The molecule has 0 fully saturated rings. The van der Waals surface area contributed by atoms with Crippen LogP contribution in [0.5, 0.6) is 0 Å². The van der Waals surface area contributed by atoms with Crippen LogP contribution in [0.3, 0.4) is 0 Å². The van der Waals surface area contributed by atoms with Gasteiger partial charge in [-0.1, -0.05) is 37.1 Å². The van der Waals surface area contributed by atoms with Crippen molar-refractivity contribution in [2.75, 3.05) is 25.9 Å². The van der Waals surface area contributed by atoms with E-state index in [9.17, 15) is 0 Å². The molecule has 1 aromatic carbocycles. The summed E-state index contributed by atoms with van der Waals surface area (Å²) in [6, 6.07) is 8.07. The van der Waals surface area contributed by atoms with Gasteiger partial charge in [0.25, 0.3) is 5.89 Å². The molecule has 0 amide bonds. The zero-order valence-electron chi connectivity index (χ0n) is 16.6. The quantitative estimate of drug-likeness (QED) is 0.593. The van der Waals surface area contributed by atoms with E-state index in [-0.39, 0.29) is 0 Å². The molecule has 3 heterocycles. The van der Waals surface area contributed by atoms with Crippen LogP contribution in [0.25, 0.3) is 28.6 Å². The van der Waals surface area contributed by atoms with Crippen molar-refractivity contribution in [3.8, 4) is 23.0 Å². The van der Waals surface area contributed by atoms with Gasteiger partial charge in [-0.3, -0.25) is 4.98 Å². The molecule has 0 saturated carbocycles. The maximum atomic E-state index is 5.88. The second-order valence-corrected chi connectivity index (χ2v) is 8.07. The van der Waals surface area contributed by atoms with Gasteiger partial charge in [-0.2, -0.15) is 0 Å². The minimum atomic E-state index is 0.383. The predicted molar refractivity (Wildman–Crippen MR) is 116 cm³/mol. The first-order valence-corrected chi connectivity index (χ1v) is 10.7. The summed E-state index contributed by atoms with van der Waals surface area (Å²) in [7, 11) is 1.93. The summed E-state index contributed by atoms with van der Waals surface area (Å²) in [6.07, 6.45) is 6.65. The van der Waals surface area contributed by atoms with Crippen molar-refractivity contribution in [3.63, 3.8) is 0 Å².